The first-order valence-corrected chi connectivity index (χ1v) is 5.75. The van der Waals surface area contributed by atoms with E-state index in [0.717, 1.165) is 26.2 Å². The van der Waals surface area contributed by atoms with Crippen molar-refractivity contribution in [1.29, 1.82) is 0 Å². The molecule has 3 nitrogen and oxygen atoms in total. The summed E-state index contributed by atoms with van der Waals surface area (Å²) < 4.78 is 5.26. The first-order valence-electron chi connectivity index (χ1n) is 5.75. The van der Waals surface area contributed by atoms with Crippen LogP contribution in [-0.4, -0.2) is 36.0 Å². The molecule has 0 heterocycles. The molecule has 0 aromatic carbocycles. The van der Waals surface area contributed by atoms with E-state index in [1.807, 2.05) is 12.4 Å². The van der Waals surface area contributed by atoms with Gasteiger partial charge in [0, 0.05) is 38.6 Å². The summed E-state index contributed by atoms with van der Waals surface area (Å²) in [6.45, 7) is 12.5. The number of ether oxygens (including phenoxy) is 1. The molecule has 0 unspecified atom stereocenters. The molecule has 0 radical (unpaired) electrons. The zero-order chi connectivity index (χ0) is 11.5. The first kappa shape index (κ1) is 13.9. The average molecular weight is 212 g/mol. The molecule has 0 spiro atoms. The molecule has 0 fully saturated rings. The molecule has 0 N–H and O–H groups in total. The highest BCUT2D eigenvalue weighted by Crippen LogP contribution is 1.92. The van der Waals surface area contributed by atoms with Gasteiger partial charge in [0.25, 0.3) is 0 Å². The highest BCUT2D eigenvalue weighted by atomic mass is 16.5. The Morgan fingerprint density at radius 3 is 1.33 bits per heavy atom. The van der Waals surface area contributed by atoms with Crippen LogP contribution in [0, 0.1) is 0 Å². The summed E-state index contributed by atoms with van der Waals surface area (Å²) in [7, 11) is 0. The molecule has 0 saturated carbocycles. The number of nitrogens with zero attached hydrogens (tertiary/aromatic N) is 2. The molecule has 0 saturated heterocycles. The third kappa shape index (κ3) is 6.89. The van der Waals surface area contributed by atoms with E-state index in [9.17, 15) is 0 Å². The summed E-state index contributed by atoms with van der Waals surface area (Å²) in [5.74, 6) is 0. The van der Waals surface area contributed by atoms with Crippen LogP contribution < -0.4 is 0 Å². The molecule has 0 rings (SSSR count). The van der Waals surface area contributed by atoms with Gasteiger partial charge >= 0.3 is 0 Å². The quantitative estimate of drug-likeness (QED) is 0.575. The van der Waals surface area contributed by atoms with Crippen LogP contribution in [0.3, 0.4) is 0 Å². The van der Waals surface area contributed by atoms with Crippen LogP contribution in [0.1, 0.15) is 27.7 Å². The minimum Gasteiger partial charge on any atom is -0.470 e. The fourth-order valence-corrected chi connectivity index (χ4v) is 1.16. The Labute approximate surface area is 94.0 Å². The van der Waals surface area contributed by atoms with E-state index in [0.29, 0.717) is 0 Å². The van der Waals surface area contributed by atoms with Crippen molar-refractivity contribution in [2.24, 2.45) is 0 Å². The van der Waals surface area contributed by atoms with Gasteiger partial charge in [-0.15, -0.1) is 0 Å². The third-order valence-electron chi connectivity index (χ3n) is 2.33. The van der Waals surface area contributed by atoms with Crippen molar-refractivity contribution in [3.05, 3.63) is 24.9 Å². The second kappa shape index (κ2) is 9.44. The van der Waals surface area contributed by atoms with Crippen LogP contribution in [0.15, 0.2) is 24.9 Å². The highest BCUT2D eigenvalue weighted by Gasteiger charge is 1.89. The Hall–Kier alpha value is -1.12. The molecule has 0 aliphatic carbocycles. The first-order chi connectivity index (χ1) is 7.28. The number of rotatable bonds is 8. The zero-order valence-electron chi connectivity index (χ0n) is 10.4. The molecule has 0 atom stereocenters. The molecule has 3 heteroatoms. The number of hydrogen-bond acceptors (Lipinski definition) is 3. The summed E-state index contributed by atoms with van der Waals surface area (Å²) in [4.78, 5) is 4.34. The standard InChI is InChI=1S/C12H24N2O/c1-5-13(6-2)9-11-15-12-10-14(7-3)8-4/h9-12H,5-8H2,1-4H3. The molecular weight excluding hydrogens is 188 g/mol. The summed E-state index contributed by atoms with van der Waals surface area (Å²) in [5, 5.41) is 0. The molecule has 0 aromatic heterocycles. The van der Waals surface area contributed by atoms with Crippen LogP contribution in [0.2, 0.25) is 0 Å². The Kier molecular flexibility index (Phi) is 8.73. The summed E-state index contributed by atoms with van der Waals surface area (Å²) in [5.41, 5.74) is 0. The molecule has 0 bridgehead atoms. The fourth-order valence-electron chi connectivity index (χ4n) is 1.16. The van der Waals surface area contributed by atoms with Crippen molar-refractivity contribution >= 4 is 0 Å². The van der Waals surface area contributed by atoms with Gasteiger partial charge in [0.05, 0.1) is 0 Å². The van der Waals surface area contributed by atoms with Crippen molar-refractivity contribution in [1.82, 2.24) is 9.80 Å². The van der Waals surface area contributed by atoms with Gasteiger partial charge in [0.2, 0.25) is 0 Å². The molecule has 88 valence electrons. The Morgan fingerprint density at radius 1 is 0.733 bits per heavy atom. The van der Waals surface area contributed by atoms with Crippen LogP contribution in [0.5, 0.6) is 0 Å². The molecule has 0 amide bonds. The monoisotopic (exact) mass is 212 g/mol. The molecular formula is C12H24N2O. The molecule has 0 aromatic rings. The van der Waals surface area contributed by atoms with Crippen molar-refractivity contribution in [3.63, 3.8) is 0 Å². The predicted octanol–water partition coefficient (Wildman–Crippen LogP) is 2.63. The maximum absolute atomic E-state index is 5.26. The fraction of sp³-hybridized carbons (Fsp3) is 0.667. The van der Waals surface area contributed by atoms with Gasteiger partial charge in [0.1, 0.15) is 12.5 Å². The van der Waals surface area contributed by atoms with Crippen molar-refractivity contribution < 1.29 is 4.74 Å². The lowest BCUT2D eigenvalue weighted by atomic mass is 10.5. The van der Waals surface area contributed by atoms with Crippen LogP contribution >= 0.6 is 0 Å². The van der Waals surface area contributed by atoms with Gasteiger partial charge in [-0.1, -0.05) is 0 Å². The Bertz CT molecular complexity index is 162. The molecule has 0 aliphatic heterocycles. The van der Waals surface area contributed by atoms with Crippen molar-refractivity contribution in [2.45, 2.75) is 27.7 Å². The lowest BCUT2D eigenvalue weighted by molar-refractivity contribution is 0.343. The van der Waals surface area contributed by atoms with Gasteiger partial charge in [-0.3, -0.25) is 0 Å². The van der Waals surface area contributed by atoms with Crippen LogP contribution in [0.4, 0.5) is 0 Å². The average Bonchev–Trinajstić information content (AvgIpc) is 2.29. The van der Waals surface area contributed by atoms with E-state index in [1.54, 1.807) is 12.5 Å². The van der Waals surface area contributed by atoms with Gasteiger partial charge in [-0.05, 0) is 27.7 Å². The summed E-state index contributed by atoms with van der Waals surface area (Å²) in [6.07, 6.45) is 7.36. The van der Waals surface area contributed by atoms with Gasteiger partial charge in [0.15, 0.2) is 0 Å². The zero-order valence-corrected chi connectivity index (χ0v) is 10.4. The predicted molar refractivity (Wildman–Crippen MR) is 65.2 cm³/mol. The van der Waals surface area contributed by atoms with E-state index in [-0.39, 0.29) is 0 Å². The van der Waals surface area contributed by atoms with Gasteiger partial charge < -0.3 is 14.5 Å². The highest BCUT2D eigenvalue weighted by molar-refractivity contribution is 4.79. The minimum atomic E-state index is 1.01. The van der Waals surface area contributed by atoms with Gasteiger partial charge in [-0.25, -0.2) is 0 Å². The Balaban J connectivity index is 3.76. The SMILES string of the molecule is CCN(C=COC=CN(CC)CC)CC. The lowest BCUT2D eigenvalue weighted by Crippen LogP contribution is -2.15. The summed E-state index contributed by atoms with van der Waals surface area (Å²) in [6, 6.07) is 0. The third-order valence-corrected chi connectivity index (χ3v) is 2.33. The maximum atomic E-state index is 5.26. The minimum absolute atomic E-state index is 1.01. The van der Waals surface area contributed by atoms with E-state index in [1.165, 1.54) is 0 Å². The van der Waals surface area contributed by atoms with Crippen molar-refractivity contribution in [2.75, 3.05) is 26.2 Å². The van der Waals surface area contributed by atoms with E-state index < -0.39 is 0 Å². The van der Waals surface area contributed by atoms with Crippen molar-refractivity contribution in [3.8, 4) is 0 Å². The number of hydrogen-bond donors (Lipinski definition) is 0. The smallest absolute Gasteiger partial charge is 0.106 e. The van der Waals surface area contributed by atoms with E-state index >= 15 is 0 Å². The topological polar surface area (TPSA) is 15.7 Å². The van der Waals surface area contributed by atoms with Crippen LogP contribution in [-0.2, 0) is 4.74 Å². The molecule has 0 aliphatic rings. The maximum Gasteiger partial charge on any atom is 0.106 e. The van der Waals surface area contributed by atoms with E-state index in [4.69, 9.17) is 4.74 Å². The normalized spacial score (nSPS) is 11.2. The van der Waals surface area contributed by atoms with Gasteiger partial charge in [-0.2, -0.15) is 0 Å². The second-order valence-corrected chi connectivity index (χ2v) is 3.15. The Morgan fingerprint density at radius 2 is 1.07 bits per heavy atom. The van der Waals surface area contributed by atoms with E-state index in [2.05, 4.69) is 37.5 Å². The summed E-state index contributed by atoms with van der Waals surface area (Å²) >= 11 is 0. The van der Waals surface area contributed by atoms with Crippen LogP contribution in [0.25, 0.3) is 0 Å². The second-order valence-electron chi connectivity index (χ2n) is 3.15. The lowest BCUT2D eigenvalue weighted by Gasteiger charge is -2.15. The largest absolute Gasteiger partial charge is 0.470 e. The molecule has 15 heavy (non-hydrogen) atoms.